The zero-order valence-corrected chi connectivity index (χ0v) is 13.5. The summed E-state index contributed by atoms with van der Waals surface area (Å²) < 4.78 is 5.71. The molecule has 1 saturated heterocycles. The number of methoxy groups -OCH3 is 1. The number of nitrogens with zero attached hydrogens (tertiary/aromatic N) is 1. The number of halogens is 1. The van der Waals surface area contributed by atoms with Crippen molar-refractivity contribution in [2.75, 3.05) is 26.8 Å². The van der Waals surface area contributed by atoms with Crippen molar-refractivity contribution < 1.29 is 14.3 Å². The number of nitrogens with one attached hydrogen (secondary N) is 1. The topological polar surface area (TPSA) is 58.6 Å². The first-order valence-corrected chi connectivity index (χ1v) is 8.08. The highest BCUT2D eigenvalue weighted by atomic mass is 35.5. The summed E-state index contributed by atoms with van der Waals surface area (Å²) in [5.41, 5.74) is 0. The lowest BCUT2D eigenvalue weighted by atomic mass is 9.96. The Kier molecular flexibility index (Phi) is 6.02. The summed E-state index contributed by atoms with van der Waals surface area (Å²) in [4.78, 5) is 26.7. The number of piperidine rings is 1. The van der Waals surface area contributed by atoms with E-state index in [-0.39, 0.29) is 17.7 Å². The highest BCUT2D eigenvalue weighted by molar-refractivity contribution is 7.16. The molecule has 0 unspecified atom stereocenters. The number of thiophene rings is 1. The summed E-state index contributed by atoms with van der Waals surface area (Å²) in [6.45, 7) is 1.99. The van der Waals surface area contributed by atoms with Crippen molar-refractivity contribution in [3.63, 3.8) is 0 Å². The van der Waals surface area contributed by atoms with Crippen molar-refractivity contribution in [1.82, 2.24) is 10.2 Å². The fourth-order valence-corrected chi connectivity index (χ4v) is 3.34. The van der Waals surface area contributed by atoms with Crippen LogP contribution in [0.2, 0.25) is 4.34 Å². The molecule has 1 aromatic heterocycles. The third-order valence-corrected chi connectivity index (χ3v) is 4.73. The average molecular weight is 331 g/mol. The fraction of sp³-hybridized carbons (Fsp3) is 0.571. The van der Waals surface area contributed by atoms with Gasteiger partial charge in [-0.05, 0) is 18.6 Å². The zero-order chi connectivity index (χ0) is 15.2. The first-order chi connectivity index (χ1) is 10.1. The van der Waals surface area contributed by atoms with Crippen molar-refractivity contribution >= 4 is 34.8 Å². The minimum Gasteiger partial charge on any atom is -0.383 e. The lowest BCUT2D eigenvalue weighted by Gasteiger charge is -2.31. The van der Waals surface area contributed by atoms with Gasteiger partial charge in [0.25, 0.3) is 0 Å². The van der Waals surface area contributed by atoms with E-state index in [1.165, 1.54) is 11.3 Å². The van der Waals surface area contributed by atoms with Gasteiger partial charge in [0.1, 0.15) is 0 Å². The Morgan fingerprint density at radius 2 is 2.38 bits per heavy atom. The second-order valence-electron chi connectivity index (χ2n) is 4.99. The van der Waals surface area contributed by atoms with E-state index < -0.39 is 0 Å². The normalized spacial score (nSPS) is 18.9. The number of ether oxygens (including phenoxy) is 1. The second kappa shape index (κ2) is 7.77. The molecule has 1 aliphatic rings. The Balaban J connectivity index is 1.82. The number of amides is 2. The van der Waals surface area contributed by atoms with Crippen LogP contribution in [-0.2, 0) is 20.9 Å². The van der Waals surface area contributed by atoms with E-state index in [1.54, 1.807) is 12.0 Å². The molecular weight excluding hydrogens is 312 g/mol. The van der Waals surface area contributed by atoms with Gasteiger partial charge in [-0.1, -0.05) is 11.6 Å². The standard InChI is InChI=1S/C14H19ClN2O3S/c1-20-7-6-17-9-10(2-5-13(17)18)14(19)16-8-11-3-4-12(15)21-11/h3-4,10H,2,5-9H2,1H3,(H,16,19)/t10-/m1/s1. The SMILES string of the molecule is COCCN1C[C@H](C(=O)NCc2ccc(Cl)s2)CCC1=O. The lowest BCUT2D eigenvalue weighted by molar-refractivity contribution is -0.138. The van der Waals surface area contributed by atoms with Crippen LogP contribution in [0, 0.1) is 5.92 Å². The molecule has 0 spiro atoms. The average Bonchev–Trinajstić information content (AvgIpc) is 2.89. The number of carbonyl (C=O) groups excluding carboxylic acids is 2. The third-order valence-electron chi connectivity index (χ3n) is 3.50. The number of hydrogen-bond donors (Lipinski definition) is 1. The van der Waals surface area contributed by atoms with E-state index in [9.17, 15) is 9.59 Å². The molecule has 7 heteroatoms. The van der Waals surface area contributed by atoms with Crippen LogP contribution in [0.4, 0.5) is 0 Å². The van der Waals surface area contributed by atoms with E-state index in [0.29, 0.717) is 43.4 Å². The molecule has 5 nitrogen and oxygen atoms in total. The molecule has 1 aromatic rings. The van der Waals surface area contributed by atoms with Gasteiger partial charge in [0.15, 0.2) is 0 Å². The van der Waals surface area contributed by atoms with Gasteiger partial charge in [-0.15, -0.1) is 11.3 Å². The van der Waals surface area contributed by atoms with Gasteiger partial charge >= 0.3 is 0 Å². The first kappa shape index (κ1) is 16.3. The van der Waals surface area contributed by atoms with E-state index in [4.69, 9.17) is 16.3 Å². The molecule has 2 rings (SSSR count). The molecule has 0 saturated carbocycles. The van der Waals surface area contributed by atoms with Crippen LogP contribution < -0.4 is 5.32 Å². The smallest absolute Gasteiger partial charge is 0.225 e. The lowest BCUT2D eigenvalue weighted by Crippen LogP contribution is -2.46. The maximum Gasteiger partial charge on any atom is 0.225 e. The summed E-state index contributed by atoms with van der Waals surface area (Å²) >= 11 is 7.32. The van der Waals surface area contributed by atoms with Crippen LogP contribution in [0.5, 0.6) is 0 Å². The van der Waals surface area contributed by atoms with Gasteiger partial charge in [0.2, 0.25) is 11.8 Å². The summed E-state index contributed by atoms with van der Waals surface area (Å²) in [6, 6.07) is 3.72. The largest absolute Gasteiger partial charge is 0.383 e. The van der Waals surface area contributed by atoms with Crippen LogP contribution in [0.25, 0.3) is 0 Å². The van der Waals surface area contributed by atoms with Crippen LogP contribution in [-0.4, -0.2) is 43.5 Å². The van der Waals surface area contributed by atoms with Crippen molar-refractivity contribution in [2.45, 2.75) is 19.4 Å². The number of carbonyl (C=O) groups is 2. The maximum atomic E-state index is 12.2. The monoisotopic (exact) mass is 330 g/mol. The molecule has 21 heavy (non-hydrogen) atoms. The number of rotatable bonds is 6. The molecule has 2 heterocycles. The molecular formula is C14H19ClN2O3S. The van der Waals surface area contributed by atoms with Gasteiger partial charge in [0, 0.05) is 31.5 Å². The highest BCUT2D eigenvalue weighted by Gasteiger charge is 2.29. The van der Waals surface area contributed by atoms with Crippen molar-refractivity contribution in [3.05, 3.63) is 21.3 Å². The molecule has 0 aromatic carbocycles. The molecule has 0 radical (unpaired) electrons. The Bertz CT molecular complexity index is 506. The molecule has 0 aliphatic carbocycles. The van der Waals surface area contributed by atoms with Crippen molar-refractivity contribution in [3.8, 4) is 0 Å². The molecule has 116 valence electrons. The molecule has 1 fully saturated rings. The van der Waals surface area contributed by atoms with Crippen LogP contribution in [0.15, 0.2) is 12.1 Å². The van der Waals surface area contributed by atoms with Gasteiger partial charge < -0.3 is 15.0 Å². The Morgan fingerprint density at radius 3 is 3.05 bits per heavy atom. The zero-order valence-electron chi connectivity index (χ0n) is 11.9. The van der Waals surface area contributed by atoms with Gasteiger partial charge in [-0.3, -0.25) is 9.59 Å². The Hall–Kier alpha value is -1.11. The minimum atomic E-state index is -0.144. The van der Waals surface area contributed by atoms with E-state index in [2.05, 4.69) is 5.32 Å². The van der Waals surface area contributed by atoms with Crippen LogP contribution in [0.3, 0.4) is 0 Å². The minimum absolute atomic E-state index is 0.00515. The molecule has 1 N–H and O–H groups in total. The van der Waals surface area contributed by atoms with E-state index >= 15 is 0 Å². The number of likely N-dealkylation sites (tertiary alicyclic amines) is 1. The molecule has 0 bridgehead atoms. The van der Waals surface area contributed by atoms with Crippen LogP contribution in [0.1, 0.15) is 17.7 Å². The molecule has 1 aliphatic heterocycles. The van der Waals surface area contributed by atoms with Gasteiger partial charge in [-0.2, -0.15) is 0 Å². The van der Waals surface area contributed by atoms with Crippen molar-refractivity contribution in [1.29, 1.82) is 0 Å². The van der Waals surface area contributed by atoms with E-state index in [1.807, 2.05) is 12.1 Å². The van der Waals surface area contributed by atoms with Crippen molar-refractivity contribution in [2.24, 2.45) is 5.92 Å². The first-order valence-electron chi connectivity index (χ1n) is 6.88. The predicted molar refractivity (Wildman–Crippen MR) is 82.4 cm³/mol. The fourth-order valence-electron chi connectivity index (χ4n) is 2.31. The molecule has 2 amide bonds. The summed E-state index contributed by atoms with van der Waals surface area (Å²) in [5.74, 6) is -0.0504. The summed E-state index contributed by atoms with van der Waals surface area (Å²) in [7, 11) is 1.60. The van der Waals surface area contributed by atoms with Crippen LogP contribution >= 0.6 is 22.9 Å². The Labute approximate surface area is 133 Å². The summed E-state index contributed by atoms with van der Waals surface area (Å²) in [5, 5.41) is 2.92. The summed E-state index contributed by atoms with van der Waals surface area (Å²) in [6.07, 6.45) is 1.03. The Morgan fingerprint density at radius 1 is 1.57 bits per heavy atom. The maximum absolute atomic E-state index is 12.2. The third kappa shape index (κ3) is 4.69. The quantitative estimate of drug-likeness (QED) is 0.866. The molecule has 1 atom stereocenters. The second-order valence-corrected chi connectivity index (χ2v) is 6.79. The van der Waals surface area contributed by atoms with Gasteiger partial charge in [-0.25, -0.2) is 0 Å². The van der Waals surface area contributed by atoms with Gasteiger partial charge in [0.05, 0.1) is 23.4 Å². The number of hydrogen-bond acceptors (Lipinski definition) is 4. The predicted octanol–water partition coefficient (Wildman–Crippen LogP) is 1.90. The van der Waals surface area contributed by atoms with E-state index in [0.717, 1.165) is 4.88 Å². The highest BCUT2D eigenvalue weighted by Crippen LogP contribution is 2.22.